The molecule has 0 aromatic heterocycles. The molecule has 0 aliphatic heterocycles. The van der Waals surface area contributed by atoms with Crippen molar-refractivity contribution in [3.63, 3.8) is 0 Å². The normalized spacial score (nSPS) is 10.3. The van der Waals surface area contributed by atoms with Gasteiger partial charge in [0.2, 0.25) is 0 Å². The minimum atomic E-state index is -0.911. The van der Waals surface area contributed by atoms with Gasteiger partial charge < -0.3 is 5.32 Å². The van der Waals surface area contributed by atoms with Crippen LogP contribution >= 0.6 is 0 Å². The van der Waals surface area contributed by atoms with Gasteiger partial charge in [-0.1, -0.05) is 30.3 Å². The van der Waals surface area contributed by atoms with Crippen LogP contribution in [0.3, 0.4) is 0 Å². The summed E-state index contributed by atoms with van der Waals surface area (Å²) in [6.07, 6.45) is 1.42. The Kier molecular flexibility index (Phi) is 4.76. The van der Waals surface area contributed by atoms with Gasteiger partial charge in [0.05, 0.1) is 6.21 Å². The quantitative estimate of drug-likeness (QED) is 0.514. The molecule has 0 unspecified atom stereocenters. The van der Waals surface area contributed by atoms with Crippen LogP contribution in [0.15, 0.2) is 59.7 Å². The molecule has 2 aromatic rings. The highest BCUT2D eigenvalue weighted by Crippen LogP contribution is 2.07. The summed E-state index contributed by atoms with van der Waals surface area (Å²) in [5, 5.41) is 6.00. The standard InChI is InChI=1S/C15H12FN3O2/c16-12-6-8-13(9-7-12)18-14(20)15(21)19-17-10-11-4-2-1-3-5-11/h1-10H,(H,18,20)(H,19,21). The van der Waals surface area contributed by atoms with Gasteiger partial charge in [0, 0.05) is 5.69 Å². The molecule has 21 heavy (non-hydrogen) atoms. The van der Waals surface area contributed by atoms with Crippen LogP contribution in [0, 0.1) is 5.82 Å². The van der Waals surface area contributed by atoms with Crippen LogP contribution < -0.4 is 10.7 Å². The van der Waals surface area contributed by atoms with Crippen molar-refractivity contribution in [2.75, 3.05) is 5.32 Å². The van der Waals surface area contributed by atoms with Gasteiger partial charge in [-0.15, -0.1) is 0 Å². The molecular weight excluding hydrogens is 273 g/mol. The first-order valence-corrected chi connectivity index (χ1v) is 6.10. The first kappa shape index (κ1) is 14.4. The molecule has 0 saturated heterocycles. The third kappa shape index (κ3) is 4.54. The zero-order valence-electron chi connectivity index (χ0n) is 10.9. The lowest BCUT2D eigenvalue weighted by molar-refractivity contribution is -0.136. The third-order valence-corrected chi connectivity index (χ3v) is 2.49. The topological polar surface area (TPSA) is 70.6 Å². The minimum absolute atomic E-state index is 0.323. The van der Waals surface area contributed by atoms with E-state index < -0.39 is 17.6 Å². The maximum absolute atomic E-state index is 12.7. The number of nitrogens with zero attached hydrogens (tertiary/aromatic N) is 1. The van der Waals surface area contributed by atoms with E-state index in [0.717, 1.165) is 5.56 Å². The molecule has 5 nitrogen and oxygen atoms in total. The SMILES string of the molecule is O=C(NN=Cc1ccccc1)C(=O)Nc1ccc(F)cc1. The number of hydrazone groups is 1. The fourth-order valence-corrected chi connectivity index (χ4v) is 1.48. The lowest BCUT2D eigenvalue weighted by atomic mass is 10.2. The van der Waals surface area contributed by atoms with Gasteiger partial charge in [-0.25, -0.2) is 9.82 Å². The van der Waals surface area contributed by atoms with Crippen molar-refractivity contribution in [3.8, 4) is 0 Å². The largest absolute Gasteiger partial charge is 0.329 e. The molecule has 106 valence electrons. The Labute approximate surface area is 120 Å². The van der Waals surface area contributed by atoms with E-state index in [1.165, 1.54) is 30.5 Å². The second kappa shape index (κ2) is 6.95. The van der Waals surface area contributed by atoms with Crippen LogP contribution in [-0.4, -0.2) is 18.0 Å². The molecule has 0 radical (unpaired) electrons. The van der Waals surface area contributed by atoms with Crippen LogP contribution in [0.5, 0.6) is 0 Å². The van der Waals surface area contributed by atoms with Crippen LogP contribution in [0.4, 0.5) is 10.1 Å². The van der Waals surface area contributed by atoms with Gasteiger partial charge >= 0.3 is 11.8 Å². The van der Waals surface area contributed by atoms with Gasteiger partial charge in [-0.05, 0) is 29.8 Å². The number of anilines is 1. The summed E-state index contributed by atoms with van der Waals surface area (Å²) in [5.41, 5.74) is 3.22. The zero-order chi connectivity index (χ0) is 15.1. The lowest BCUT2D eigenvalue weighted by Crippen LogP contribution is -2.32. The van der Waals surface area contributed by atoms with Crippen molar-refractivity contribution in [1.29, 1.82) is 0 Å². The third-order valence-electron chi connectivity index (χ3n) is 2.49. The van der Waals surface area contributed by atoms with E-state index in [4.69, 9.17) is 0 Å². The van der Waals surface area contributed by atoms with Crippen molar-refractivity contribution in [1.82, 2.24) is 5.43 Å². The summed E-state index contributed by atoms with van der Waals surface area (Å²) in [5.74, 6) is -2.22. The van der Waals surface area contributed by atoms with E-state index >= 15 is 0 Å². The number of nitrogens with one attached hydrogen (secondary N) is 2. The first-order chi connectivity index (χ1) is 10.1. The summed E-state index contributed by atoms with van der Waals surface area (Å²) in [4.78, 5) is 23.0. The van der Waals surface area contributed by atoms with Gasteiger partial charge in [0.15, 0.2) is 0 Å². The molecule has 0 aliphatic carbocycles. The Hall–Kier alpha value is -3.02. The van der Waals surface area contributed by atoms with Gasteiger partial charge in [-0.3, -0.25) is 9.59 Å². The van der Waals surface area contributed by atoms with E-state index in [1.807, 2.05) is 18.2 Å². The van der Waals surface area contributed by atoms with Crippen LogP contribution in [-0.2, 0) is 9.59 Å². The molecule has 0 aliphatic rings. The van der Waals surface area contributed by atoms with E-state index in [2.05, 4.69) is 15.8 Å². The average molecular weight is 285 g/mol. The molecule has 0 saturated carbocycles. The number of hydrogen-bond donors (Lipinski definition) is 2. The Balaban J connectivity index is 1.87. The zero-order valence-corrected chi connectivity index (χ0v) is 10.9. The summed E-state index contributed by atoms with van der Waals surface area (Å²) in [6.45, 7) is 0. The van der Waals surface area contributed by atoms with Gasteiger partial charge in [-0.2, -0.15) is 5.10 Å². The molecule has 0 spiro atoms. The van der Waals surface area contributed by atoms with Crippen molar-refractivity contribution >= 4 is 23.7 Å². The monoisotopic (exact) mass is 285 g/mol. The fourth-order valence-electron chi connectivity index (χ4n) is 1.48. The summed E-state index contributed by atoms with van der Waals surface area (Å²) < 4.78 is 12.7. The van der Waals surface area contributed by atoms with Gasteiger partial charge in [0.1, 0.15) is 5.82 Å². The van der Waals surface area contributed by atoms with Crippen LogP contribution in [0.2, 0.25) is 0 Å². The van der Waals surface area contributed by atoms with Crippen molar-refractivity contribution in [2.24, 2.45) is 5.10 Å². The highest BCUT2D eigenvalue weighted by atomic mass is 19.1. The van der Waals surface area contributed by atoms with Crippen molar-refractivity contribution in [2.45, 2.75) is 0 Å². The highest BCUT2D eigenvalue weighted by Gasteiger charge is 2.12. The summed E-state index contributed by atoms with van der Waals surface area (Å²) in [6, 6.07) is 14.2. The van der Waals surface area contributed by atoms with E-state index in [0.29, 0.717) is 5.69 Å². The smallest absolute Gasteiger partial charge is 0.318 e. The number of carbonyl (C=O) groups is 2. The second-order valence-corrected chi connectivity index (χ2v) is 4.07. The molecule has 2 aromatic carbocycles. The van der Waals surface area contributed by atoms with E-state index in [1.54, 1.807) is 12.1 Å². The molecule has 0 fully saturated rings. The predicted molar refractivity (Wildman–Crippen MR) is 77.2 cm³/mol. The van der Waals surface area contributed by atoms with Crippen molar-refractivity contribution < 1.29 is 14.0 Å². The molecule has 2 amide bonds. The number of hydrogen-bond acceptors (Lipinski definition) is 3. The number of carbonyl (C=O) groups excluding carboxylic acids is 2. The fraction of sp³-hybridized carbons (Fsp3) is 0. The van der Waals surface area contributed by atoms with Crippen LogP contribution in [0.25, 0.3) is 0 Å². The first-order valence-electron chi connectivity index (χ1n) is 6.10. The molecule has 2 N–H and O–H groups in total. The molecule has 2 rings (SSSR count). The lowest BCUT2D eigenvalue weighted by Gasteiger charge is -2.03. The maximum Gasteiger partial charge on any atom is 0.329 e. The molecule has 0 atom stereocenters. The Morgan fingerprint density at radius 2 is 1.62 bits per heavy atom. The minimum Gasteiger partial charge on any atom is -0.318 e. The Morgan fingerprint density at radius 1 is 0.952 bits per heavy atom. The molecule has 0 heterocycles. The second-order valence-electron chi connectivity index (χ2n) is 4.07. The predicted octanol–water partition coefficient (Wildman–Crippen LogP) is 1.91. The van der Waals surface area contributed by atoms with E-state index in [-0.39, 0.29) is 0 Å². The average Bonchev–Trinajstić information content (AvgIpc) is 2.50. The van der Waals surface area contributed by atoms with Gasteiger partial charge in [0.25, 0.3) is 0 Å². The molecule has 6 heteroatoms. The molecular formula is C15H12FN3O2. The van der Waals surface area contributed by atoms with Crippen molar-refractivity contribution in [3.05, 3.63) is 66.0 Å². The molecule has 0 bridgehead atoms. The maximum atomic E-state index is 12.7. The number of amides is 2. The summed E-state index contributed by atoms with van der Waals surface area (Å²) >= 11 is 0. The number of halogens is 1. The number of rotatable bonds is 3. The summed E-state index contributed by atoms with van der Waals surface area (Å²) in [7, 11) is 0. The van der Waals surface area contributed by atoms with E-state index in [9.17, 15) is 14.0 Å². The Morgan fingerprint density at radius 3 is 2.29 bits per heavy atom. The Bertz CT molecular complexity index is 654. The van der Waals surface area contributed by atoms with Crippen LogP contribution in [0.1, 0.15) is 5.56 Å². The number of benzene rings is 2. The highest BCUT2D eigenvalue weighted by molar-refractivity contribution is 6.39.